The van der Waals surface area contributed by atoms with Crippen molar-refractivity contribution in [2.45, 2.75) is 57.4 Å². The number of nitrogens with zero attached hydrogens (tertiary/aromatic N) is 4. The molecule has 0 saturated heterocycles. The lowest BCUT2D eigenvalue weighted by molar-refractivity contribution is -0.118. The molecule has 4 heterocycles. The molecular weight excluding hydrogens is 593 g/mol. The van der Waals surface area contributed by atoms with E-state index in [1.54, 1.807) is 6.20 Å². The third-order valence-electron chi connectivity index (χ3n) is 9.47. The number of anilines is 2. The largest absolute Gasteiger partial charge is 0.348 e. The molecule has 0 spiro atoms. The zero-order valence-corrected chi connectivity index (χ0v) is 26.0. The predicted molar refractivity (Wildman–Crippen MR) is 177 cm³/mol. The van der Waals surface area contributed by atoms with Gasteiger partial charge in [0.15, 0.2) is 11.6 Å². The average Bonchev–Trinajstić information content (AvgIpc) is 3.49. The van der Waals surface area contributed by atoms with Crippen LogP contribution in [0, 0.1) is 17.7 Å². The van der Waals surface area contributed by atoms with E-state index in [1.165, 1.54) is 11.0 Å². The number of benzene rings is 2. The van der Waals surface area contributed by atoms with Crippen molar-refractivity contribution in [3.05, 3.63) is 126 Å². The second-order valence-electron chi connectivity index (χ2n) is 12.7. The molecule has 0 radical (unpaired) electrons. The molecule has 2 amide bonds. The normalized spacial score (nSPS) is 19.8. The standard InChI is InChI=1S/C38H36FN5O3/c39-29-22-32-36(46)28(15-12-25-13-16-30(17-14-25)41-38(47)33-24-43-18-5-4-11-34(43)42-33)21-35(45)44(37(32)40-23-29)31-10-6-9-27(20-31)19-26-7-2-1-3-8-26/h1-11,18,20,22-25,28,30H,12-17,19,21H2,(H,41,47). The monoisotopic (exact) mass is 629 g/mol. The Morgan fingerprint density at radius 1 is 0.894 bits per heavy atom. The third-order valence-corrected chi connectivity index (χ3v) is 9.47. The van der Waals surface area contributed by atoms with Crippen LogP contribution < -0.4 is 10.2 Å². The first-order chi connectivity index (χ1) is 22.9. The van der Waals surface area contributed by atoms with Gasteiger partial charge in [-0.1, -0.05) is 48.5 Å². The van der Waals surface area contributed by atoms with E-state index in [1.807, 2.05) is 71.3 Å². The molecule has 1 atom stereocenters. The van der Waals surface area contributed by atoms with Gasteiger partial charge in [-0.3, -0.25) is 19.3 Å². The number of carbonyl (C=O) groups is 3. The number of fused-ring (bicyclic) bond motifs is 2. The van der Waals surface area contributed by atoms with Gasteiger partial charge < -0.3 is 9.72 Å². The quantitative estimate of drug-likeness (QED) is 0.198. The topological polar surface area (TPSA) is 96.7 Å². The summed E-state index contributed by atoms with van der Waals surface area (Å²) in [7, 11) is 0. The summed E-state index contributed by atoms with van der Waals surface area (Å²) in [6.45, 7) is 0. The molecule has 7 rings (SSSR count). The Morgan fingerprint density at radius 2 is 1.68 bits per heavy atom. The first-order valence-corrected chi connectivity index (χ1v) is 16.3. The summed E-state index contributed by atoms with van der Waals surface area (Å²) in [6.07, 6.45) is 10.2. The van der Waals surface area contributed by atoms with Crippen molar-refractivity contribution in [3.8, 4) is 0 Å². The molecule has 8 nitrogen and oxygen atoms in total. The summed E-state index contributed by atoms with van der Waals surface area (Å²) in [5, 5.41) is 3.14. The summed E-state index contributed by atoms with van der Waals surface area (Å²) in [4.78, 5) is 50.7. The van der Waals surface area contributed by atoms with Crippen molar-refractivity contribution >= 4 is 34.8 Å². The van der Waals surface area contributed by atoms with Gasteiger partial charge in [0.2, 0.25) is 5.91 Å². The molecule has 0 bridgehead atoms. The van der Waals surface area contributed by atoms with Crippen LogP contribution in [0.2, 0.25) is 0 Å². The number of halogens is 1. The fourth-order valence-corrected chi connectivity index (χ4v) is 7.00. The summed E-state index contributed by atoms with van der Waals surface area (Å²) >= 11 is 0. The minimum Gasteiger partial charge on any atom is -0.348 e. The lowest BCUT2D eigenvalue weighted by Crippen LogP contribution is -2.37. The molecule has 47 heavy (non-hydrogen) atoms. The Balaban J connectivity index is 1.00. The number of imidazole rings is 1. The molecule has 1 saturated carbocycles. The van der Waals surface area contributed by atoms with Crippen LogP contribution in [0.15, 0.2) is 97.5 Å². The highest BCUT2D eigenvalue weighted by Gasteiger charge is 2.36. The number of aromatic nitrogens is 3. The Bertz CT molecular complexity index is 1900. The minimum atomic E-state index is -0.605. The second kappa shape index (κ2) is 13.3. The van der Waals surface area contributed by atoms with Gasteiger partial charge in [-0.15, -0.1) is 0 Å². The van der Waals surface area contributed by atoms with E-state index < -0.39 is 11.7 Å². The smallest absolute Gasteiger partial charge is 0.271 e. The number of amides is 2. The molecule has 9 heteroatoms. The van der Waals surface area contributed by atoms with Crippen molar-refractivity contribution in [2.75, 3.05) is 4.90 Å². The van der Waals surface area contributed by atoms with Crippen LogP contribution in [0.3, 0.4) is 0 Å². The maximum atomic E-state index is 14.5. The van der Waals surface area contributed by atoms with Crippen LogP contribution in [-0.2, 0) is 11.2 Å². The summed E-state index contributed by atoms with van der Waals surface area (Å²) < 4.78 is 16.3. The highest BCUT2D eigenvalue weighted by Crippen LogP contribution is 2.37. The van der Waals surface area contributed by atoms with Crippen LogP contribution in [0.5, 0.6) is 0 Å². The van der Waals surface area contributed by atoms with Crippen molar-refractivity contribution < 1.29 is 18.8 Å². The number of hydrogen-bond donors (Lipinski definition) is 1. The van der Waals surface area contributed by atoms with Gasteiger partial charge in [-0.2, -0.15) is 0 Å². The zero-order chi connectivity index (χ0) is 32.3. The SMILES string of the molecule is O=C(NC1CCC(CCC2CC(=O)N(c3cccc(Cc4ccccc4)c3)c3ncc(F)cc3C2=O)CC1)c1cn2ccccc2n1. The van der Waals surface area contributed by atoms with Crippen molar-refractivity contribution in [1.82, 2.24) is 19.7 Å². The Kier molecular flexibility index (Phi) is 8.61. The number of pyridine rings is 2. The first-order valence-electron chi connectivity index (χ1n) is 16.3. The van der Waals surface area contributed by atoms with Crippen LogP contribution in [-0.4, -0.2) is 38.0 Å². The molecule has 5 aromatic rings. The highest BCUT2D eigenvalue weighted by atomic mass is 19.1. The fourth-order valence-electron chi connectivity index (χ4n) is 7.00. The minimum absolute atomic E-state index is 0.0319. The van der Waals surface area contributed by atoms with Crippen molar-refractivity contribution in [2.24, 2.45) is 11.8 Å². The Morgan fingerprint density at radius 3 is 2.49 bits per heavy atom. The molecular formula is C38H36FN5O3. The number of carbonyl (C=O) groups excluding carboxylic acids is 3. The van der Waals surface area contributed by atoms with Crippen LogP contribution >= 0.6 is 0 Å². The van der Waals surface area contributed by atoms with E-state index in [9.17, 15) is 18.8 Å². The number of Topliss-reactive ketones (excluding diaryl/α,β-unsaturated/α-hetero) is 1. The maximum absolute atomic E-state index is 14.5. The number of ketones is 1. The lowest BCUT2D eigenvalue weighted by atomic mass is 9.80. The molecule has 2 aliphatic rings. The first kappa shape index (κ1) is 30.5. The van der Waals surface area contributed by atoms with Gasteiger partial charge in [0.05, 0.1) is 17.4 Å². The van der Waals surface area contributed by atoms with Gasteiger partial charge in [0.25, 0.3) is 5.91 Å². The van der Waals surface area contributed by atoms with Gasteiger partial charge in [-0.25, -0.2) is 14.4 Å². The molecule has 1 N–H and O–H groups in total. The molecule has 238 valence electrons. The van der Waals surface area contributed by atoms with E-state index >= 15 is 0 Å². The van der Waals surface area contributed by atoms with E-state index in [2.05, 4.69) is 27.4 Å². The van der Waals surface area contributed by atoms with Gasteiger partial charge in [0.1, 0.15) is 17.2 Å². The van der Waals surface area contributed by atoms with Gasteiger partial charge >= 0.3 is 0 Å². The summed E-state index contributed by atoms with van der Waals surface area (Å²) in [5.41, 5.74) is 4.05. The third kappa shape index (κ3) is 6.70. The molecule has 1 aliphatic carbocycles. The Labute approximate surface area is 272 Å². The molecule has 1 unspecified atom stereocenters. The fraction of sp³-hybridized carbons (Fsp3) is 0.289. The lowest BCUT2D eigenvalue weighted by Gasteiger charge is -2.29. The number of rotatable bonds is 8. The second-order valence-corrected chi connectivity index (χ2v) is 12.7. The molecule has 3 aromatic heterocycles. The summed E-state index contributed by atoms with van der Waals surface area (Å²) in [6, 6.07) is 24.7. The van der Waals surface area contributed by atoms with Crippen LogP contribution in [0.25, 0.3) is 5.65 Å². The summed E-state index contributed by atoms with van der Waals surface area (Å²) in [5.74, 6) is -1.24. The molecule has 1 fully saturated rings. The van der Waals surface area contributed by atoms with Crippen molar-refractivity contribution in [1.29, 1.82) is 0 Å². The van der Waals surface area contributed by atoms with Crippen molar-refractivity contribution in [3.63, 3.8) is 0 Å². The average molecular weight is 630 g/mol. The maximum Gasteiger partial charge on any atom is 0.271 e. The van der Waals surface area contributed by atoms with E-state index in [0.29, 0.717) is 30.1 Å². The van der Waals surface area contributed by atoms with Crippen LogP contribution in [0.4, 0.5) is 15.9 Å². The van der Waals surface area contributed by atoms with Gasteiger partial charge in [0, 0.05) is 30.8 Å². The molecule has 1 aliphatic heterocycles. The van der Waals surface area contributed by atoms with E-state index in [4.69, 9.17) is 0 Å². The molecule has 2 aromatic carbocycles. The van der Waals surface area contributed by atoms with Crippen LogP contribution in [0.1, 0.15) is 76.9 Å². The zero-order valence-electron chi connectivity index (χ0n) is 26.0. The van der Waals surface area contributed by atoms with E-state index in [-0.39, 0.29) is 41.4 Å². The number of nitrogens with one attached hydrogen (secondary N) is 1. The van der Waals surface area contributed by atoms with Gasteiger partial charge in [-0.05, 0) is 92.3 Å². The Hall–Kier alpha value is -5.18. The predicted octanol–water partition coefficient (Wildman–Crippen LogP) is 7.10. The highest BCUT2D eigenvalue weighted by molar-refractivity contribution is 6.13. The van der Waals surface area contributed by atoms with E-state index in [0.717, 1.165) is 55.1 Å². The number of hydrogen-bond acceptors (Lipinski definition) is 5.